The van der Waals surface area contributed by atoms with E-state index in [-0.39, 0.29) is 17.9 Å². The van der Waals surface area contributed by atoms with E-state index in [9.17, 15) is 31.1 Å². The van der Waals surface area contributed by atoms with Crippen molar-refractivity contribution >= 4 is 22.9 Å². The molecule has 0 unspecified atom stereocenters. The van der Waals surface area contributed by atoms with E-state index in [1.165, 1.54) is 29.1 Å². The molecule has 2 heterocycles. The maximum absolute atomic E-state index is 12.2. The van der Waals surface area contributed by atoms with E-state index in [0.29, 0.717) is 22.4 Å². The molecule has 9 nitrogen and oxygen atoms in total. The monoisotopic (exact) mass is 465 g/mol. The van der Waals surface area contributed by atoms with Crippen LogP contribution in [0.1, 0.15) is 16.1 Å². The second-order valence-electron chi connectivity index (χ2n) is 5.83. The Morgan fingerprint density at radius 1 is 1.06 bits per heavy atom. The largest absolute Gasteiger partial charge is 0.573 e. The topological polar surface area (TPSA) is 146 Å². The summed E-state index contributed by atoms with van der Waals surface area (Å²) in [6, 6.07) is 6.52. The lowest BCUT2D eigenvalue weighted by molar-refractivity contribution is -0.274. The minimum atomic E-state index is -5.08. The van der Waals surface area contributed by atoms with Crippen LogP contribution in [0.25, 0.3) is 16.7 Å². The number of halogens is 6. The normalized spacial score (nSPS) is 11.6. The molecule has 0 saturated carbocycles. The first-order chi connectivity index (χ1) is 14.7. The highest BCUT2D eigenvalue weighted by Gasteiger charge is 2.38. The molecule has 0 radical (unpaired) electrons. The number of primary amides is 1. The third-order valence-corrected chi connectivity index (χ3v) is 3.66. The van der Waals surface area contributed by atoms with Crippen molar-refractivity contribution in [1.82, 2.24) is 14.8 Å². The SMILES string of the molecule is NCc1nn(-c2ccc(OC(F)(F)F)cc2)c2nccc(C(N)=O)c12.O=C(O)C(F)(F)F. The van der Waals surface area contributed by atoms with Crippen molar-refractivity contribution in [3.63, 3.8) is 0 Å². The van der Waals surface area contributed by atoms with Gasteiger partial charge in [-0.2, -0.15) is 18.3 Å². The molecular formula is C17H13F6N5O4. The molecule has 1 aromatic carbocycles. The first kappa shape index (κ1) is 24.4. The Balaban J connectivity index is 0.000000451. The van der Waals surface area contributed by atoms with Gasteiger partial charge in [0.2, 0.25) is 5.91 Å². The molecule has 0 aliphatic carbocycles. The molecule has 0 bridgehead atoms. The van der Waals surface area contributed by atoms with Gasteiger partial charge in [-0.1, -0.05) is 0 Å². The highest BCUT2D eigenvalue weighted by Crippen LogP contribution is 2.27. The van der Waals surface area contributed by atoms with Crippen LogP contribution in [0, 0.1) is 0 Å². The molecule has 3 aromatic rings. The number of rotatable bonds is 4. The average molecular weight is 465 g/mol. The maximum atomic E-state index is 12.2. The van der Waals surface area contributed by atoms with Crippen LogP contribution in [-0.4, -0.2) is 44.3 Å². The Morgan fingerprint density at radius 2 is 1.62 bits per heavy atom. The lowest BCUT2D eigenvalue weighted by Crippen LogP contribution is -2.21. The number of benzene rings is 1. The molecule has 1 amide bonds. The molecule has 0 atom stereocenters. The Bertz CT molecular complexity index is 1130. The van der Waals surface area contributed by atoms with Crippen LogP contribution >= 0.6 is 0 Å². The van der Waals surface area contributed by atoms with Crippen molar-refractivity contribution in [2.45, 2.75) is 19.1 Å². The number of nitrogens with two attached hydrogens (primary N) is 2. The predicted molar refractivity (Wildman–Crippen MR) is 95.6 cm³/mol. The summed E-state index contributed by atoms with van der Waals surface area (Å²) in [5.41, 5.74) is 12.4. The second-order valence-corrected chi connectivity index (χ2v) is 5.83. The Morgan fingerprint density at radius 3 is 2.06 bits per heavy atom. The van der Waals surface area contributed by atoms with Crippen molar-refractivity contribution in [2.24, 2.45) is 11.5 Å². The summed E-state index contributed by atoms with van der Waals surface area (Å²) in [5, 5.41) is 11.8. The highest BCUT2D eigenvalue weighted by molar-refractivity contribution is 6.05. The van der Waals surface area contributed by atoms with Crippen LogP contribution in [0.4, 0.5) is 26.3 Å². The number of amides is 1. The van der Waals surface area contributed by atoms with Gasteiger partial charge in [0, 0.05) is 12.7 Å². The fourth-order valence-corrected chi connectivity index (χ4v) is 2.43. The van der Waals surface area contributed by atoms with Gasteiger partial charge in [-0.15, -0.1) is 13.2 Å². The van der Waals surface area contributed by atoms with Crippen LogP contribution in [0.2, 0.25) is 0 Å². The van der Waals surface area contributed by atoms with Crippen molar-refractivity contribution in [3.8, 4) is 11.4 Å². The average Bonchev–Trinajstić information content (AvgIpc) is 3.06. The van der Waals surface area contributed by atoms with Crippen LogP contribution < -0.4 is 16.2 Å². The Kier molecular flexibility index (Phi) is 6.93. The van der Waals surface area contributed by atoms with Gasteiger partial charge in [0.25, 0.3) is 0 Å². The fourth-order valence-electron chi connectivity index (χ4n) is 2.43. The van der Waals surface area contributed by atoms with E-state index in [1.54, 1.807) is 0 Å². The van der Waals surface area contributed by atoms with Crippen molar-refractivity contribution < 1.29 is 45.8 Å². The molecule has 172 valence electrons. The number of alkyl halides is 6. The summed E-state index contributed by atoms with van der Waals surface area (Å²) in [6.07, 6.45) is -8.47. The van der Waals surface area contributed by atoms with Crippen molar-refractivity contribution in [1.29, 1.82) is 0 Å². The number of hydrogen-bond acceptors (Lipinski definition) is 6. The number of fused-ring (bicyclic) bond motifs is 1. The Labute approximate surface area is 174 Å². The predicted octanol–water partition coefficient (Wildman–Crippen LogP) is 2.51. The molecule has 2 aromatic heterocycles. The first-order valence-electron chi connectivity index (χ1n) is 8.27. The number of hydrogen-bond donors (Lipinski definition) is 3. The van der Waals surface area contributed by atoms with Crippen LogP contribution in [-0.2, 0) is 11.3 Å². The number of nitrogens with zero attached hydrogens (tertiary/aromatic N) is 3. The third kappa shape index (κ3) is 5.84. The summed E-state index contributed by atoms with van der Waals surface area (Å²) in [5.74, 6) is -3.78. The first-order valence-corrected chi connectivity index (χ1v) is 8.27. The molecule has 5 N–H and O–H groups in total. The molecule has 0 aliphatic heterocycles. The van der Waals surface area contributed by atoms with Crippen LogP contribution in [0.5, 0.6) is 5.75 Å². The van der Waals surface area contributed by atoms with Crippen LogP contribution in [0.15, 0.2) is 36.5 Å². The van der Waals surface area contributed by atoms with Gasteiger partial charge in [0.05, 0.1) is 22.3 Å². The standard InChI is InChI=1S/C15H12F3N5O2.C2HF3O2/c16-15(17,18)25-9-3-1-8(2-4-9)23-14-12(11(7-19)22-23)10(13(20)24)5-6-21-14;3-2(4,5)1(6)7/h1-6H,7,19H2,(H2,20,24);(H,6,7). The quantitative estimate of drug-likeness (QED) is 0.502. The summed E-state index contributed by atoms with van der Waals surface area (Å²) >= 11 is 0. The van der Waals surface area contributed by atoms with Gasteiger partial charge >= 0.3 is 18.5 Å². The van der Waals surface area contributed by atoms with E-state index in [2.05, 4.69) is 14.8 Å². The van der Waals surface area contributed by atoms with E-state index >= 15 is 0 Å². The third-order valence-electron chi connectivity index (χ3n) is 3.66. The molecule has 0 spiro atoms. The van der Waals surface area contributed by atoms with Gasteiger partial charge in [0.15, 0.2) is 5.65 Å². The van der Waals surface area contributed by atoms with Gasteiger partial charge in [-0.25, -0.2) is 14.5 Å². The summed E-state index contributed by atoms with van der Waals surface area (Å²) in [6.45, 7) is 0.0325. The second kappa shape index (κ2) is 9.09. The van der Waals surface area contributed by atoms with E-state index in [4.69, 9.17) is 21.4 Å². The van der Waals surface area contributed by atoms with Gasteiger partial charge in [0.1, 0.15) is 5.75 Å². The lowest BCUT2D eigenvalue weighted by Gasteiger charge is -2.09. The molecule has 0 fully saturated rings. The number of carbonyl (C=O) groups is 2. The number of pyridine rings is 1. The van der Waals surface area contributed by atoms with E-state index < -0.39 is 24.4 Å². The summed E-state index contributed by atoms with van der Waals surface area (Å²) in [7, 11) is 0. The smallest absolute Gasteiger partial charge is 0.475 e. The summed E-state index contributed by atoms with van der Waals surface area (Å²) < 4.78 is 73.6. The van der Waals surface area contributed by atoms with Gasteiger partial charge < -0.3 is 21.3 Å². The van der Waals surface area contributed by atoms with Gasteiger partial charge in [-0.05, 0) is 30.3 Å². The van der Waals surface area contributed by atoms with E-state index in [1.807, 2.05) is 0 Å². The Hall–Kier alpha value is -3.88. The number of ether oxygens (including phenoxy) is 1. The zero-order valence-corrected chi connectivity index (χ0v) is 15.6. The molecule has 32 heavy (non-hydrogen) atoms. The zero-order chi connectivity index (χ0) is 24.3. The molecule has 0 saturated heterocycles. The fraction of sp³-hybridized carbons (Fsp3) is 0.176. The molecule has 0 aliphatic rings. The van der Waals surface area contributed by atoms with Crippen LogP contribution in [0.3, 0.4) is 0 Å². The molecule has 15 heteroatoms. The lowest BCUT2D eigenvalue weighted by atomic mass is 10.1. The number of carboxylic acid groups (broad SMARTS) is 1. The highest BCUT2D eigenvalue weighted by atomic mass is 19.4. The van der Waals surface area contributed by atoms with Crippen molar-refractivity contribution in [2.75, 3.05) is 0 Å². The van der Waals surface area contributed by atoms with Gasteiger partial charge in [-0.3, -0.25) is 4.79 Å². The van der Waals surface area contributed by atoms with Crippen molar-refractivity contribution in [3.05, 3.63) is 47.8 Å². The molecular weight excluding hydrogens is 452 g/mol. The van der Waals surface area contributed by atoms with E-state index in [0.717, 1.165) is 12.1 Å². The summed E-state index contributed by atoms with van der Waals surface area (Å²) in [4.78, 5) is 24.7. The zero-order valence-electron chi connectivity index (χ0n) is 15.6. The minimum Gasteiger partial charge on any atom is -0.475 e. The number of aliphatic carboxylic acids is 1. The molecule has 3 rings (SSSR count). The minimum absolute atomic E-state index is 0.0325. The maximum Gasteiger partial charge on any atom is 0.573 e. The number of carboxylic acids is 1. The number of carbonyl (C=O) groups excluding carboxylic acids is 1. The number of aromatic nitrogens is 3.